The van der Waals surface area contributed by atoms with Crippen LogP contribution in [-0.2, 0) is 4.79 Å². The number of carbonyl (C=O) groups is 1. The largest absolute Gasteiger partial charge is 0.491 e. The van der Waals surface area contributed by atoms with Gasteiger partial charge in [0.15, 0.2) is 5.71 Å². The van der Waals surface area contributed by atoms with Crippen molar-refractivity contribution < 1.29 is 9.53 Å². The monoisotopic (exact) mass is 433 g/mol. The normalized spacial score (nSPS) is 22.0. The Morgan fingerprint density at radius 2 is 1.57 bits per heavy atom. The number of hydrogen-bond acceptors (Lipinski definition) is 6. The summed E-state index contributed by atoms with van der Waals surface area (Å²) < 4.78 is 5.98. The molecular formula is C22H32ClN5O2. The van der Waals surface area contributed by atoms with Crippen molar-refractivity contribution in [2.24, 2.45) is 10.9 Å². The Balaban J connectivity index is 1.44. The number of hydrazone groups is 1. The number of nitrogens with zero attached hydrogens (tertiary/aromatic N) is 4. The van der Waals surface area contributed by atoms with E-state index in [1.807, 2.05) is 12.1 Å². The van der Waals surface area contributed by atoms with Crippen molar-refractivity contribution in [3.8, 4) is 5.75 Å². The standard InChI is InChI=1S/C22H32ClN5O2/c23-20-18(30-16-15-27-11-5-2-6-12-27)8-7-17-19(20)21(25-24)22(29)28(17)14-13-26-9-3-1-4-10-26/h7-8H,1-6,9-16,24H2/b25-21-. The van der Waals surface area contributed by atoms with Gasteiger partial charge in [0.05, 0.1) is 16.3 Å². The topological polar surface area (TPSA) is 74.4 Å². The zero-order valence-corrected chi connectivity index (χ0v) is 18.4. The van der Waals surface area contributed by atoms with Crippen molar-refractivity contribution >= 4 is 28.9 Å². The zero-order chi connectivity index (χ0) is 20.9. The van der Waals surface area contributed by atoms with Gasteiger partial charge in [-0.05, 0) is 64.0 Å². The first-order valence-electron chi connectivity index (χ1n) is 11.2. The van der Waals surface area contributed by atoms with Crippen LogP contribution in [0.25, 0.3) is 0 Å². The highest BCUT2D eigenvalue weighted by atomic mass is 35.5. The van der Waals surface area contributed by atoms with Crippen LogP contribution >= 0.6 is 11.6 Å². The first-order chi connectivity index (χ1) is 14.7. The summed E-state index contributed by atoms with van der Waals surface area (Å²) in [7, 11) is 0. The molecule has 1 aromatic carbocycles. The smallest absolute Gasteiger partial charge is 0.279 e. The van der Waals surface area contributed by atoms with E-state index in [4.69, 9.17) is 22.2 Å². The Hall–Kier alpha value is -1.83. The summed E-state index contributed by atoms with van der Waals surface area (Å²) in [6, 6.07) is 3.77. The average Bonchev–Trinajstić information content (AvgIpc) is 3.06. The van der Waals surface area contributed by atoms with Crippen molar-refractivity contribution in [2.75, 3.05) is 57.3 Å². The zero-order valence-electron chi connectivity index (χ0n) is 17.6. The van der Waals surface area contributed by atoms with Crippen LogP contribution in [0, 0.1) is 0 Å². The van der Waals surface area contributed by atoms with Crippen LogP contribution in [0.4, 0.5) is 5.69 Å². The van der Waals surface area contributed by atoms with Crippen LogP contribution in [0.3, 0.4) is 0 Å². The van der Waals surface area contributed by atoms with E-state index in [0.717, 1.165) is 45.0 Å². The molecule has 0 aromatic heterocycles. The summed E-state index contributed by atoms with van der Waals surface area (Å²) >= 11 is 6.66. The van der Waals surface area contributed by atoms with E-state index < -0.39 is 0 Å². The van der Waals surface area contributed by atoms with Gasteiger partial charge in [0, 0.05) is 19.6 Å². The number of halogens is 1. The van der Waals surface area contributed by atoms with Gasteiger partial charge in [0.25, 0.3) is 5.91 Å². The molecule has 0 bridgehead atoms. The molecule has 0 aliphatic carbocycles. The molecule has 0 spiro atoms. The lowest BCUT2D eigenvalue weighted by Gasteiger charge is -2.28. The maximum atomic E-state index is 12.9. The molecule has 164 valence electrons. The molecule has 0 saturated carbocycles. The minimum Gasteiger partial charge on any atom is -0.491 e. The summed E-state index contributed by atoms with van der Waals surface area (Å²) in [5.74, 6) is 5.98. The van der Waals surface area contributed by atoms with E-state index in [2.05, 4.69) is 14.9 Å². The number of rotatable bonds is 7. The molecular weight excluding hydrogens is 402 g/mol. The van der Waals surface area contributed by atoms with Gasteiger partial charge in [0.2, 0.25) is 0 Å². The first-order valence-corrected chi connectivity index (χ1v) is 11.6. The first kappa shape index (κ1) is 21.4. The molecule has 3 aliphatic rings. The summed E-state index contributed by atoms with van der Waals surface area (Å²) in [5.41, 5.74) is 1.59. The van der Waals surface area contributed by atoms with Gasteiger partial charge >= 0.3 is 0 Å². The Kier molecular flexibility index (Phi) is 7.12. The molecule has 1 aromatic rings. The maximum Gasteiger partial charge on any atom is 0.279 e. The lowest BCUT2D eigenvalue weighted by Crippen LogP contribution is -2.40. The maximum absolute atomic E-state index is 12.9. The second-order valence-corrected chi connectivity index (χ2v) is 8.74. The second kappa shape index (κ2) is 9.98. The predicted molar refractivity (Wildman–Crippen MR) is 121 cm³/mol. The highest BCUT2D eigenvalue weighted by Gasteiger charge is 2.37. The Morgan fingerprint density at radius 1 is 0.933 bits per heavy atom. The molecule has 30 heavy (non-hydrogen) atoms. The summed E-state index contributed by atoms with van der Waals surface area (Å²) in [6.07, 6.45) is 7.57. The number of anilines is 1. The van der Waals surface area contributed by atoms with Gasteiger partial charge in [-0.1, -0.05) is 24.4 Å². The Labute approximate surface area is 183 Å². The van der Waals surface area contributed by atoms with E-state index in [0.29, 0.717) is 29.5 Å². The fourth-order valence-electron chi connectivity index (χ4n) is 4.69. The van der Waals surface area contributed by atoms with Crippen molar-refractivity contribution in [2.45, 2.75) is 38.5 Å². The third-order valence-corrected chi connectivity index (χ3v) is 6.77. The molecule has 8 heteroatoms. The number of nitrogens with two attached hydrogens (primary N) is 1. The van der Waals surface area contributed by atoms with Gasteiger partial charge in [-0.3, -0.25) is 9.69 Å². The van der Waals surface area contributed by atoms with E-state index in [-0.39, 0.29) is 11.6 Å². The number of benzene rings is 1. The molecule has 0 atom stereocenters. The molecule has 3 aliphatic heterocycles. The molecule has 0 radical (unpaired) electrons. The Bertz CT molecular complexity index is 788. The van der Waals surface area contributed by atoms with E-state index in [1.54, 1.807) is 4.90 Å². The van der Waals surface area contributed by atoms with Gasteiger partial charge in [-0.2, -0.15) is 5.10 Å². The van der Waals surface area contributed by atoms with Crippen molar-refractivity contribution in [1.82, 2.24) is 9.80 Å². The van der Waals surface area contributed by atoms with Gasteiger partial charge in [0.1, 0.15) is 12.4 Å². The molecule has 3 heterocycles. The second-order valence-electron chi connectivity index (χ2n) is 8.36. The number of amides is 1. The van der Waals surface area contributed by atoms with Crippen LogP contribution < -0.4 is 15.5 Å². The van der Waals surface area contributed by atoms with E-state index >= 15 is 0 Å². The summed E-state index contributed by atoms with van der Waals surface area (Å²) in [5, 5.41) is 4.19. The predicted octanol–water partition coefficient (Wildman–Crippen LogP) is 2.70. The van der Waals surface area contributed by atoms with Gasteiger partial charge in [-0.15, -0.1) is 0 Å². The number of hydrogen-bond donors (Lipinski definition) is 1. The number of likely N-dealkylation sites (tertiary alicyclic amines) is 2. The molecule has 4 rings (SSSR count). The number of carbonyl (C=O) groups excluding carboxylic acids is 1. The Morgan fingerprint density at radius 3 is 2.20 bits per heavy atom. The highest BCUT2D eigenvalue weighted by Crippen LogP contribution is 2.40. The van der Waals surface area contributed by atoms with Crippen LogP contribution in [0.15, 0.2) is 17.2 Å². The number of piperidine rings is 2. The van der Waals surface area contributed by atoms with Crippen molar-refractivity contribution in [3.63, 3.8) is 0 Å². The van der Waals surface area contributed by atoms with Crippen LogP contribution in [0.5, 0.6) is 5.75 Å². The third kappa shape index (κ3) is 4.58. The number of ether oxygens (including phenoxy) is 1. The third-order valence-electron chi connectivity index (χ3n) is 6.39. The van der Waals surface area contributed by atoms with Crippen molar-refractivity contribution in [1.29, 1.82) is 0 Å². The van der Waals surface area contributed by atoms with Gasteiger partial charge < -0.3 is 20.4 Å². The van der Waals surface area contributed by atoms with Crippen LogP contribution in [0.1, 0.15) is 44.1 Å². The highest BCUT2D eigenvalue weighted by molar-refractivity contribution is 6.57. The molecule has 0 unspecified atom stereocenters. The van der Waals surface area contributed by atoms with Crippen LogP contribution in [0.2, 0.25) is 5.02 Å². The van der Waals surface area contributed by atoms with E-state index in [1.165, 1.54) is 38.5 Å². The molecule has 2 fully saturated rings. The minimum atomic E-state index is -0.183. The molecule has 2 N–H and O–H groups in total. The molecule has 1 amide bonds. The minimum absolute atomic E-state index is 0.183. The van der Waals surface area contributed by atoms with E-state index in [9.17, 15) is 4.79 Å². The summed E-state index contributed by atoms with van der Waals surface area (Å²) in [4.78, 5) is 19.5. The lowest BCUT2D eigenvalue weighted by molar-refractivity contribution is -0.112. The quantitative estimate of drug-likeness (QED) is 0.528. The molecule has 7 nitrogen and oxygen atoms in total. The summed E-state index contributed by atoms with van der Waals surface area (Å²) in [6.45, 7) is 7.35. The fraction of sp³-hybridized carbons (Fsp3) is 0.636. The fourth-order valence-corrected chi connectivity index (χ4v) is 4.99. The van der Waals surface area contributed by atoms with Crippen LogP contribution in [-0.4, -0.2) is 73.8 Å². The van der Waals surface area contributed by atoms with Gasteiger partial charge in [-0.25, -0.2) is 0 Å². The number of fused-ring (bicyclic) bond motifs is 1. The average molecular weight is 434 g/mol. The SMILES string of the molecule is N/N=C1\C(=O)N(CCN2CCCCC2)c2ccc(OCCN3CCCCC3)c(Cl)c21. The molecule has 2 saturated heterocycles. The lowest BCUT2D eigenvalue weighted by atomic mass is 10.1. The van der Waals surface area contributed by atoms with Crippen molar-refractivity contribution in [3.05, 3.63) is 22.7 Å².